The first-order valence-electron chi connectivity index (χ1n) is 11.2. The lowest BCUT2D eigenvalue weighted by Crippen LogP contribution is -2.55. The van der Waals surface area contributed by atoms with E-state index in [-0.39, 0.29) is 17.1 Å². The number of halogens is 1. The number of aliphatic hydroxyl groups is 4. The predicted octanol–water partition coefficient (Wildman–Crippen LogP) is 1.91. The molecule has 11 heteroatoms. The van der Waals surface area contributed by atoms with Gasteiger partial charge in [0, 0.05) is 30.3 Å². The van der Waals surface area contributed by atoms with E-state index in [1.165, 1.54) is 49.7 Å². The van der Waals surface area contributed by atoms with Crippen molar-refractivity contribution in [2.24, 2.45) is 0 Å². The molecule has 0 aliphatic carbocycles. The highest BCUT2D eigenvalue weighted by Crippen LogP contribution is 2.36. The summed E-state index contributed by atoms with van der Waals surface area (Å²) in [4.78, 5) is 1.83. The van der Waals surface area contributed by atoms with Crippen LogP contribution < -0.4 is 0 Å². The molecule has 0 spiro atoms. The molecular weight excluding hydrogens is 509 g/mol. The summed E-state index contributed by atoms with van der Waals surface area (Å²) in [6, 6.07) is 14.4. The van der Waals surface area contributed by atoms with Crippen molar-refractivity contribution in [2.75, 3.05) is 20.7 Å². The zero-order valence-electron chi connectivity index (χ0n) is 19.7. The largest absolute Gasteiger partial charge is 0.394 e. The molecule has 8 nitrogen and oxygen atoms in total. The van der Waals surface area contributed by atoms with Crippen LogP contribution in [0.1, 0.15) is 22.1 Å². The highest BCUT2D eigenvalue weighted by molar-refractivity contribution is 7.89. The van der Waals surface area contributed by atoms with Crippen molar-refractivity contribution in [2.45, 2.75) is 41.8 Å². The molecule has 36 heavy (non-hydrogen) atoms. The molecule has 0 amide bonds. The van der Waals surface area contributed by atoms with Crippen molar-refractivity contribution in [3.8, 4) is 10.4 Å². The van der Waals surface area contributed by atoms with E-state index in [2.05, 4.69) is 0 Å². The summed E-state index contributed by atoms with van der Waals surface area (Å²) in [5.41, 5.74) is 1.68. The summed E-state index contributed by atoms with van der Waals surface area (Å²) in [5.74, 6) is -0.334. The Morgan fingerprint density at radius 1 is 0.972 bits per heavy atom. The molecule has 1 saturated heterocycles. The number of sulfonamides is 1. The van der Waals surface area contributed by atoms with Gasteiger partial charge < -0.3 is 25.2 Å². The molecule has 0 saturated carbocycles. The minimum atomic E-state index is -3.81. The van der Waals surface area contributed by atoms with Crippen molar-refractivity contribution in [1.29, 1.82) is 0 Å². The third-order valence-electron chi connectivity index (χ3n) is 6.22. The number of hydrogen-bond acceptors (Lipinski definition) is 8. The van der Waals surface area contributed by atoms with E-state index in [0.29, 0.717) is 11.1 Å². The Balaban J connectivity index is 1.72. The number of hydrogen-bond donors (Lipinski definition) is 4. The van der Waals surface area contributed by atoms with Gasteiger partial charge in [0.2, 0.25) is 10.0 Å². The van der Waals surface area contributed by atoms with Gasteiger partial charge in [-0.05, 0) is 47.0 Å². The van der Waals surface area contributed by atoms with Crippen LogP contribution in [0.2, 0.25) is 0 Å². The fourth-order valence-corrected chi connectivity index (χ4v) is 6.30. The smallest absolute Gasteiger partial charge is 0.242 e. The second kappa shape index (κ2) is 10.6. The van der Waals surface area contributed by atoms with Gasteiger partial charge in [-0.25, -0.2) is 17.1 Å². The summed E-state index contributed by atoms with van der Waals surface area (Å²) in [7, 11) is -0.944. The molecule has 1 aliphatic heterocycles. The third-order valence-corrected chi connectivity index (χ3v) is 9.27. The number of aliphatic hydroxyl groups excluding tert-OH is 4. The maximum absolute atomic E-state index is 13.3. The minimum Gasteiger partial charge on any atom is -0.394 e. The molecule has 0 unspecified atom stereocenters. The third kappa shape index (κ3) is 5.24. The van der Waals surface area contributed by atoms with Crippen LogP contribution >= 0.6 is 11.3 Å². The van der Waals surface area contributed by atoms with Crippen molar-refractivity contribution >= 4 is 21.4 Å². The number of rotatable bonds is 7. The zero-order chi connectivity index (χ0) is 26.2. The molecular formula is C25H28FNO7S2. The highest BCUT2D eigenvalue weighted by Gasteiger charge is 2.44. The predicted molar refractivity (Wildman–Crippen MR) is 133 cm³/mol. The second-order valence-electron chi connectivity index (χ2n) is 8.85. The Kier molecular flexibility index (Phi) is 7.93. The Bertz CT molecular complexity index is 1310. The standard InChI is InChI=1S/C25H28FNO7S2/c1-27(2)36(32,33)21-10-5-15(25-24(31)23(30)22(29)19(13-28)34-25)11-16(21)12-18-8-9-20(35-18)14-3-6-17(26)7-4-14/h3-11,19,22-25,28-31H,12-13H2,1-2H3/t19-,22-,23+,24-,25+/m1/s1. The fraction of sp³-hybridized carbons (Fsp3) is 0.360. The first-order chi connectivity index (χ1) is 17.0. The van der Waals surface area contributed by atoms with Gasteiger partial charge in [-0.3, -0.25) is 0 Å². The molecule has 1 aliphatic rings. The monoisotopic (exact) mass is 537 g/mol. The van der Waals surface area contributed by atoms with Crippen molar-refractivity contribution in [1.82, 2.24) is 4.31 Å². The average Bonchev–Trinajstić information content (AvgIpc) is 3.31. The summed E-state index contributed by atoms with van der Waals surface area (Å²) in [5, 5.41) is 40.4. The Hall–Kier alpha value is -2.22. The second-order valence-corrected chi connectivity index (χ2v) is 12.1. The maximum Gasteiger partial charge on any atom is 0.242 e. The van der Waals surface area contributed by atoms with Crippen molar-refractivity contribution in [3.05, 3.63) is 76.4 Å². The zero-order valence-corrected chi connectivity index (χ0v) is 21.3. The summed E-state index contributed by atoms with van der Waals surface area (Å²) in [6.45, 7) is -0.567. The van der Waals surface area contributed by atoms with Gasteiger partial charge in [-0.1, -0.05) is 24.3 Å². The SMILES string of the molecule is CN(C)S(=O)(=O)c1ccc([C@@H]2O[C@H](CO)[C@@H](O)[C@H](O)[C@H]2O)cc1Cc1ccc(-c2ccc(F)cc2)s1. The van der Waals surface area contributed by atoms with E-state index >= 15 is 0 Å². The Morgan fingerprint density at radius 2 is 1.67 bits per heavy atom. The van der Waals surface area contributed by atoms with Gasteiger partial charge in [0.15, 0.2) is 0 Å². The molecule has 2 aromatic carbocycles. The van der Waals surface area contributed by atoms with Gasteiger partial charge in [0.1, 0.15) is 36.3 Å². The molecule has 1 fully saturated rings. The van der Waals surface area contributed by atoms with Crippen molar-refractivity contribution < 1.29 is 38.0 Å². The van der Waals surface area contributed by atoms with Crippen LogP contribution in [0.3, 0.4) is 0 Å². The van der Waals surface area contributed by atoms with Crippen LogP contribution in [-0.2, 0) is 21.2 Å². The highest BCUT2D eigenvalue weighted by atomic mass is 32.2. The molecule has 2 heterocycles. The van der Waals surface area contributed by atoms with Crippen molar-refractivity contribution in [3.63, 3.8) is 0 Å². The normalized spacial score (nSPS) is 24.8. The van der Waals surface area contributed by atoms with E-state index < -0.39 is 47.2 Å². The summed E-state index contributed by atoms with van der Waals surface area (Å²) < 4.78 is 46.2. The van der Waals surface area contributed by atoms with Crippen LogP contribution in [-0.4, -0.2) is 78.3 Å². The number of nitrogens with zero attached hydrogens (tertiary/aromatic N) is 1. The fourth-order valence-electron chi connectivity index (χ4n) is 4.17. The molecule has 0 radical (unpaired) electrons. The molecule has 4 N–H and O–H groups in total. The van der Waals surface area contributed by atoms with Crippen LogP contribution in [0.4, 0.5) is 4.39 Å². The molecule has 4 rings (SSSR count). The van der Waals surface area contributed by atoms with Gasteiger partial charge in [-0.15, -0.1) is 11.3 Å². The van der Waals surface area contributed by atoms with Crippen LogP contribution in [0, 0.1) is 5.82 Å². The van der Waals surface area contributed by atoms with Crippen LogP contribution in [0.15, 0.2) is 59.5 Å². The van der Waals surface area contributed by atoms with Gasteiger partial charge in [0.25, 0.3) is 0 Å². The first-order valence-corrected chi connectivity index (χ1v) is 13.5. The van der Waals surface area contributed by atoms with E-state index in [1.54, 1.807) is 18.2 Å². The van der Waals surface area contributed by atoms with Crippen LogP contribution in [0.25, 0.3) is 10.4 Å². The molecule has 1 aromatic heterocycles. The first kappa shape index (κ1) is 26.8. The molecule has 0 bridgehead atoms. The molecule has 194 valence electrons. The number of benzene rings is 2. The number of ether oxygens (including phenoxy) is 1. The van der Waals surface area contributed by atoms with Gasteiger partial charge >= 0.3 is 0 Å². The lowest BCUT2D eigenvalue weighted by molar-refractivity contribution is -0.231. The Labute approximate surface area is 212 Å². The van der Waals surface area contributed by atoms with Crippen LogP contribution in [0.5, 0.6) is 0 Å². The maximum atomic E-state index is 13.3. The van der Waals surface area contributed by atoms with E-state index in [0.717, 1.165) is 19.6 Å². The number of thiophene rings is 1. The topological polar surface area (TPSA) is 128 Å². The minimum absolute atomic E-state index is 0.0811. The lowest BCUT2D eigenvalue weighted by atomic mass is 9.90. The van der Waals surface area contributed by atoms with E-state index in [1.807, 2.05) is 12.1 Å². The molecule has 3 aromatic rings. The van der Waals surface area contributed by atoms with E-state index in [9.17, 15) is 33.2 Å². The van der Waals surface area contributed by atoms with E-state index in [4.69, 9.17) is 4.74 Å². The lowest BCUT2D eigenvalue weighted by Gasteiger charge is -2.40. The quantitative estimate of drug-likeness (QED) is 0.363. The average molecular weight is 538 g/mol. The summed E-state index contributed by atoms with van der Waals surface area (Å²) >= 11 is 1.44. The Morgan fingerprint density at radius 3 is 2.31 bits per heavy atom. The molecule has 5 atom stereocenters. The van der Waals surface area contributed by atoms with Gasteiger partial charge in [0.05, 0.1) is 11.5 Å². The summed E-state index contributed by atoms with van der Waals surface area (Å²) in [6.07, 6.45) is -6.46. The van der Waals surface area contributed by atoms with Gasteiger partial charge in [-0.2, -0.15) is 0 Å².